The molecule has 196 valence electrons. The Kier molecular flexibility index (Phi) is 7.84. The minimum Gasteiger partial charge on any atom is -0.378 e. The van der Waals surface area contributed by atoms with Gasteiger partial charge in [-0.25, -0.2) is 5.43 Å². The molecule has 7 nitrogen and oxygen atoms in total. The molecule has 2 unspecified atom stereocenters. The number of hydrazone groups is 1. The minimum atomic E-state index is -0.428. The Bertz CT molecular complexity index is 1210. The van der Waals surface area contributed by atoms with E-state index in [0.717, 1.165) is 22.4 Å². The van der Waals surface area contributed by atoms with Gasteiger partial charge in [0.1, 0.15) is 0 Å². The van der Waals surface area contributed by atoms with Gasteiger partial charge in [0, 0.05) is 44.7 Å². The van der Waals surface area contributed by atoms with Crippen molar-refractivity contribution in [3.05, 3.63) is 102 Å². The van der Waals surface area contributed by atoms with Gasteiger partial charge in [0.2, 0.25) is 11.8 Å². The number of nitrogens with one attached hydrogen (secondary N) is 1. The predicted molar refractivity (Wildman–Crippen MR) is 149 cm³/mol. The molecule has 1 saturated carbocycles. The summed E-state index contributed by atoms with van der Waals surface area (Å²) in [5.74, 6) is -1.35. The van der Waals surface area contributed by atoms with Gasteiger partial charge >= 0.3 is 0 Å². The largest absolute Gasteiger partial charge is 0.378 e. The molecule has 1 aliphatic carbocycles. The minimum absolute atomic E-state index is 0.0875. The number of anilines is 1. The second kappa shape index (κ2) is 11.6. The normalized spacial score (nSPS) is 23.1. The maximum atomic E-state index is 13.9. The number of hydrogen-bond donors (Lipinski definition) is 1. The number of nitrogens with zero attached hydrogens (tertiary/aromatic N) is 3. The van der Waals surface area contributed by atoms with E-state index in [0.29, 0.717) is 26.3 Å². The summed E-state index contributed by atoms with van der Waals surface area (Å²) in [6.07, 6.45) is 1.65. The molecule has 3 aromatic rings. The molecule has 0 radical (unpaired) electrons. The lowest BCUT2D eigenvalue weighted by Crippen LogP contribution is -2.57. The smallest absolute Gasteiger partial charge is 0.244 e. The summed E-state index contributed by atoms with van der Waals surface area (Å²) in [4.78, 5) is 31.5. The van der Waals surface area contributed by atoms with Crippen molar-refractivity contribution in [2.24, 2.45) is 16.9 Å². The lowest BCUT2D eigenvalue weighted by Gasteiger charge is -2.52. The Labute approximate surface area is 224 Å². The Morgan fingerprint density at radius 2 is 1.39 bits per heavy atom. The van der Waals surface area contributed by atoms with E-state index < -0.39 is 5.92 Å². The van der Waals surface area contributed by atoms with Crippen LogP contribution in [0.2, 0.25) is 0 Å². The zero-order valence-corrected chi connectivity index (χ0v) is 21.9. The topological polar surface area (TPSA) is 74.2 Å². The number of carbonyl (C=O) groups is 2. The number of benzene rings is 3. The number of rotatable bonds is 7. The molecule has 4 atom stereocenters. The van der Waals surface area contributed by atoms with E-state index in [2.05, 4.69) is 10.5 Å². The summed E-state index contributed by atoms with van der Waals surface area (Å²) >= 11 is 0. The van der Waals surface area contributed by atoms with Gasteiger partial charge in [-0.2, -0.15) is 5.10 Å². The molecule has 0 aromatic heterocycles. The van der Waals surface area contributed by atoms with Crippen LogP contribution in [0.3, 0.4) is 0 Å². The average Bonchev–Trinajstić information content (AvgIpc) is 2.94. The first kappa shape index (κ1) is 25.7. The van der Waals surface area contributed by atoms with Crippen LogP contribution in [0, 0.1) is 11.8 Å². The third-order valence-corrected chi connectivity index (χ3v) is 7.63. The number of morpholine rings is 1. The summed E-state index contributed by atoms with van der Waals surface area (Å²) in [6.45, 7) is 2.23. The summed E-state index contributed by atoms with van der Waals surface area (Å²) < 4.78 is 5.49. The van der Waals surface area contributed by atoms with Crippen LogP contribution in [0.4, 0.5) is 5.69 Å². The monoisotopic (exact) mass is 510 g/mol. The summed E-state index contributed by atoms with van der Waals surface area (Å²) in [7, 11) is 3.98. The van der Waals surface area contributed by atoms with Crippen molar-refractivity contribution >= 4 is 23.7 Å². The van der Waals surface area contributed by atoms with Gasteiger partial charge in [-0.15, -0.1) is 0 Å². The molecule has 0 bridgehead atoms. The van der Waals surface area contributed by atoms with E-state index >= 15 is 0 Å². The highest BCUT2D eigenvalue weighted by Crippen LogP contribution is 2.58. The predicted octanol–water partition coefficient (Wildman–Crippen LogP) is 3.88. The third kappa shape index (κ3) is 5.34. The van der Waals surface area contributed by atoms with Gasteiger partial charge < -0.3 is 14.5 Å². The second-order valence-corrected chi connectivity index (χ2v) is 10.1. The Morgan fingerprint density at radius 3 is 1.92 bits per heavy atom. The maximum absolute atomic E-state index is 13.9. The number of ether oxygens (including phenoxy) is 1. The Morgan fingerprint density at radius 1 is 0.842 bits per heavy atom. The molecule has 1 aliphatic heterocycles. The van der Waals surface area contributed by atoms with Gasteiger partial charge in [0.25, 0.3) is 0 Å². The second-order valence-electron chi connectivity index (χ2n) is 10.1. The van der Waals surface area contributed by atoms with Crippen LogP contribution in [-0.2, 0) is 14.3 Å². The fraction of sp³-hybridized carbons (Fsp3) is 0.323. The van der Waals surface area contributed by atoms with Gasteiger partial charge in [0.05, 0.1) is 31.3 Å². The van der Waals surface area contributed by atoms with Crippen LogP contribution >= 0.6 is 0 Å². The molecule has 1 N–H and O–H groups in total. The summed E-state index contributed by atoms with van der Waals surface area (Å²) in [5, 5.41) is 4.28. The van der Waals surface area contributed by atoms with Gasteiger partial charge in [-0.1, -0.05) is 72.8 Å². The molecule has 7 heteroatoms. The van der Waals surface area contributed by atoms with Crippen molar-refractivity contribution in [2.45, 2.75) is 11.8 Å². The third-order valence-electron chi connectivity index (χ3n) is 7.63. The van der Waals surface area contributed by atoms with Crippen molar-refractivity contribution < 1.29 is 14.3 Å². The zero-order chi connectivity index (χ0) is 26.5. The summed E-state index contributed by atoms with van der Waals surface area (Å²) in [6, 6.07) is 27.8. The summed E-state index contributed by atoms with van der Waals surface area (Å²) in [5.41, 5.74) is 6.76. The highest BCUT2D eigenvalue weighted by molar-refractivity contribution is 5.91. The molecule has 2 aliphatic rings. The molecule has 1 heterocycles. The molecule has 3 aromatic carbocycles. The van der Waals surface area contributed by atoms with E-state index in [1.165, 1.54) is 0 Å². The van der Waals surface area contributed by atoms with Crippen molar-refractivity contribution in [1.29, 1.82) is 0 Å². The lowest BCUT2D eigenvalue weighted by molar-refractivity contribution is -0.151. The Hall–Kier alpha value is -3.97. The zero-order valence-electron chi connectivity index (χ0n) is 21.9. The van der Waals surface area contributed by atoms with E-state index in [4.69, 9.17) is 4.74 Å². The van der Waals surface area contributed by atoms with Crippen molar-refractivity contribution in [2.75, 3.05) is 45.3 Å². The highest BCUT2D eigenvalue weighted by Gasteiger charge is 2.58. The SMILES string of the molecule is CN(C)c1ccc(/C=N\NC(=O)C2[C@@H](c3ccccc3)C(C(=O)N3CCOCC3)[C@H]2c2ccccc2)cc1. The first-order valence-electron chi connectivity index (χ1n) is 13.1. The molecule has 2 amide bonds. The fourth-order valence-corrected chi connectivity index (χ4v) is 5.66. The van der Waals surface area contributed by atoms with Crippen molar-refractivity contribution in [3.63, 3.8) is 0 Å². The standard InChI is InChI=1S/C31H34N4O3/c1-34(2)25-15-13-22(14-16-25)21-32-33-30(36)28-26(23-9-5-3-6-10-23)29(27(28)24-11-7-4-8-12-24)31(37)35-17-19-38-20-18-35/h3-16,21,26-29H,17-20H2,1-2H3,(H,33,36)/b32-21-/t26-,27+,28?,29?. The van der Waals surface area contributed by atoms with Crippen LogP contribution in [-0.4, -0.2) is 63.3 Å². The Balaban J connectivity index is 1.43. The number of hydrogen-bond acceptors (Lipinski definition) is 5. The molecule has 0 spiro atoms. The van der Waals surface area contributed by atoms with Crippen LogP contribution < -0.4 is 10.3 Å². The lowest BCUT2D eigenvalue weighted by atomic mass is 9.51. The molecular weight excluding hydrogens is 476 g/mol. The molecule has 38 heavy (non-hydrogen) atoms. The molecular formula is C31H34N4O3. The van der Waals surface area contributed by atoms with E-state index in [1.54, 1.807) is 6.21 Å². The average molecular weight is 511 g/mol. The number of carbonyl (C=O) groups excluding carboxylic acids is 2. The van der Waals surface area contributed by atoms with E-state index in [1.807, 2.05) is 109 Å². The maximum Gasteiger partial charge on any atom is 0.244 e. The molecule has 1 saturated heterocycles. The van der Waals surface area contributed by atoms with Crippen LogP contribution in [0.5, 0.6) is 0 Å². The van der Waals surface area contributed by atoms with Crippen LogP contribution in [0.25, 0.3) is 0 Å². The highest BCUT2D eigenvalue weighted by atomic mass is 16.5. The fourth-order valence-electron chi connectivity index (χ4n) is 5.66. The molecule has 2 fully saturated rings. The van der Waals surface area contributed by atoms with Gasteiger partial charge in [-0.05, 0) is 28.8 Å². The molecule has 5 rings (SSSR count). The van der Waals surface area contributed by atoms with Crippen molar-refractivity contribution in [1.82, 2.24) is 10.3 Å². The van der Waals surface area contributed by atoms with Crippen LogP contribution in [0.15, 0.2) is 90.0 Å². The van der Waals surface area contributed by atoms with Gasteiger partial charge in [0.15, 0.2) is 0 Å². The van der Waals surface area contributed by atoms with Gasteiger partial charge in [-0.3, -0.25) is 9.59 Å². The quantitative estimate of drug-likeness (QED) is 0.387. The van der Waals surface area contributed by atoms with E-state index in [9.17, 15) is 9.59 Å². The number of amides is 2. The van der Waals surface area contributed by atoms with Crippen molar-refractivity contribution in [3.8, 4) is 0 Å². The first-order chi connectivity index (χ1) is 18.5. The van der Waals surface area contributed by atoms with E-state index in [-0.39, 0.29) is 29.6 Å². The van der Waals surface area contributed by atoms with Crippen LogP contribution in [0.1, 0.15) is 28.5 Å². The first-order valence-corrected chi connectivity index (χ1v) is 13.1.